The molecule has 1 saturated heterocycles. The van der Waals surface area contributed by atoms with Crippen molar-refractivity contribution < 1.29 is 14.3 Å². The molecule has 0 aromatic carbocycles. The van der Waals surface area contributed by atoms with Crippen molar-refractivity contribution in [2.75, 3.05) is 6.61 Å². The molecule has 0 aliphatic carbocycles. The molecule has 1 rings (SSSR count). The Morgan fingerprint density at radius 2 is 2.23 bits per heavy atom. The van der Waals surface area contributed by atoms with Gasteiger partial charge in [0.2, 0.25) is 0 Å². The van der Waals surface area contributed by atoms with E-state index in [1.165, 1.54) is 0 Å². The second-order valence-electron chi connectivity index (χ2n) is 4.45. The number of cyclic esters (lactones) is 1. The first-order valence-electron chi connectivity index (χ1n) is 4.57. The van der Waals surface area contributed by atoms with Crippen LogP contribution in [0.4, 0.5) is 0 Å². The molecule has 0 amide bonds. The van der Waals surface area contributed by atoms with Crippen molar-refractivity contribution in [3.8, 4) is 0 Å². The first-order valence-corrected chi connectivity index (χ1v) is 4.57. The first-order chi connectivity index (χ1) is 5.92. The van der Waals surface area contributed by atoms with Crippen molar-refractivity contribution in [3.05, 3.63) is 0 Å². The molecule has 1 heterocycles. The van der Waals surface area contributed by atoms with Crippen molar-refractivity contribution in [2.45, 2.75) is 33.6 Å². The highest BCUT2D eigenvalue weighted by molar-refractivity contribution is 5.76. The number of Topliss-reactive ketones (excluding diaryl/α,β-unsaturated/α-hetero) is 1. The summed E-state index contributed by atoms with van der Waals surface area (Å²) in [6, 6.07) is 0. The van der Waals surface area contributed by atoms with Crippen molar-refractivity contribution in [1.29, 1.82) is 0 Å². The van der Waals surface area contributed by atoms with Crippen LogP contribution in [0.5, 0.6) is 0 Å². The number of ketones is 1. The summed E-state index contributed by atoms with van der Waals surface area (Å²) in [5.74, 6) is 0.231. The molecule has 1 aliphatic rings. The van der Waals surface area contributed by atoms with Gasteiger partial charge < -0.3 is 9.53 Å². The normalized spacial score (nSPS) is 23.0. The Hall–Kier alpha value is -0.860. The van der Waals surface area contributed by atoms with Crippen LogP contribution >= 0.6 is 0 Å². The van der Waals surface area contributed by atoms with Crippen LogP contribution in [0, 0.1) is 11.3 Å². The summed E-state index contributed by atoms with van der Waals surface area (Å²) in [7, 11) is 0. The van der Waals surface area contributed by atoms with Crippen molar-refractivity contribution in [3.63, 3.8) is 0 Å². The van der Waals surface area contributed by atoms with Crippen LogP contribution in [0.3, 0.4) is 0 Å². The fourth-order valence-corrected chi connectivity index (χ4v) is 1.80. The van der Waals surface area contributed by atoms with Gasteiger partial charge in [0.05, 0.1) is 13.0 Å². The standard InChI is InChI=1S/C10H16O3/c1-7(11)5-10(2,3)8-4-9(12)13-6-8/h8H,4-6H2,1-3H3/t8-/m0/s1. The Labute approximate surface area is 78.5 Å². The fraction of sp³-hybridized carbons (Fsp3) is 0.800. The molecule has 0 aromatic rings. The lowest BCUT2D eigenvalue weighted by molar-refractivity contribution is -0.137. The van der Waals surface area contributed by atoms with Gasteiger partial charge >= 0.3 is 5.97 Å². The zero-order chi connectivity index (χ0) is 10.1. The maximum atomic E-state index is 11.0. The molecule has 0 aromatic heterocycles. The topological polar surface area (TPSA) is 43.4 Å². The summed E-state index contributed by atoms with van der Waals surface area (Å²) in [6.07, 6.45) is 0.981. The third-order valence-corrected chi connectivity index (χ3v) is 2.67. The molecule has 74 valence electrons. The third kappa shape index (κ3) is 2.54. The number of carbonyl (C=O) groups is 2. The van der Waals surface area contributed by atoms with Gasteiger partial charge in [0.1, 0.15) is 5.78 Å². The molecule has 0 unspecified atom stereocenters. The lowest BCUT2D eigenvalue weighted by Crippen LogP contribution is -2.26. The van der Waals surface area contributed by atoms with Crippen LogP contribution in [0.2, 0.25) is 0 Å². The van der Waals surface area contributed by atoms with Crippen molar-refractivity contribution in [1.82, 2.24) is 0 Å². The van der Waals surface area contributed by atoms with Gasteiger partial charge in [-0.1, -0.05) is 13.8 Å². The monoisotopic (exact) mass is 184 g/mol. The molecule has 0 N–H and O–H groups in total. The van der Waals surface area contributed by atoms with Crippen LogP contribution in [-0.2, 0) is 14.3 Å². The molecule has 3 heteroatoms. The molecule has 3 nitrogen and oxygen atoms in total. The van der Waals surface area contributed by atoms with Gasteiger partial charge in [0, 0.05) is 12.3 Å². The molecule has 1 atom stereocenters. The maximum Gasteiger partial charge on any atom is 0.306 e. The van der Waals surface area contributed by atoms with Crippen LogP contribution in [0.1, 0.15) is 33.6 Å². The van der Waals surface area contributed by atoms with Gasteiger partial charge in [0.15, 0.2) is 0 Å². The third-order valence-electron chi connectivity index (χ3n) is 2.67. The van der Waals surface area contributed by atoms with E-state index in [2.05, 4.69) is 0 Å². The largest absolute Gasteiger partial charge is 0.465 e. The summed E-state index contributed by atoms with van der Waals surface area (Å²) in [4.78, 5) is 21.9. The number of rotatable bonds is 3. The lowest BCUT2D eigenvalue weighted by atomic mass is 9.75. The molecule has 0 radical (unpaired) electrons. The molecule has 13 heavy (non-hydrogen) atoms. The van der Waals surface area contributed by atoms with E-state index in [-0.39, 0.29) is 23.1 Å². The highest BCUT2D eigenvalue weighted by atomic mass is 16.5. The average molecular weight is 184 g/mol. The van der Waals surface area contributed by atoms with Gasteiger partial charge in [-0.25, -0.2) is 0 Å². The molecular formula is C10H16O3. The first kappa shape index (κ1) is 10.2. The van der Waals surface area contributed by atoms with Gasteiger partial charge in [-0.3, -0.25) is 4.79 Å². The summed E-state index contributed by atoms with van der Waals surface area (Å²) < 4.78 is 4.88. The molecule has 0 bridgehead atoms. The lowest BCUT2D eigenvalue weighted by Gasteiger charge is -2.28. The molecule has 0 saturated carbocycles. The van der Waals surface area contributed by atoms with E-state index in [1.807, 2.05) is 13.8 Å². The number of ether oxygens (including phenoxy) is 1. The zero-order valence-electron chi connectivity index (χ0n) is 8.42. The Morgan fingerprint density at radius 1 is 1.62 bits per heavy atom. The number of carbonyl (C=O) groups excluding carboxylic acids is 2. The summed E-state index contributed by atoms with van der Waals surface area (Å²) in [5.41, 5.74) is -0.113. The van der Waals surface area contributed by atoms with Crippen molar-refractivity contribution in [2.24, 2.45) is 11.3 Å². The van der Waals surface area contributed by atoms with Crippen molar-refractivity contribution >= 4 is 11.8 Å². The van der Waals surface area contributed by atoms with Gasteiger partial charge in [-0.15, -0.1) is 0 Å². The van der Waals surface area contributed by atoms with E-state index in [4.69, 9.17) is 4.74 Å². The minimum atomic E-state index is -0.137. The number of esters is 1. The predicted molar refractivity (Wildman–Crippen MR) is 48.1 cm³/mol. The second-order valence-corrected chi connectivity index (χ2v) is 4.45. The predicted octanol–water partition coefficient (Wildman–Crippen LogP) is 1.55. The van der Waals surface area contributed by atoms with Crippen LogP contribution in [-0.4, -0.2) is 18.4 Å². The molecule has 1 fully saturated rings. The highest BCUT2D eigenvalue weighted by Crippen LogP contribution is 2.36. The number of hydrogen-bond donors (Lipinski definition) is 0. The van der Waals surface area contributed by atoms with Gasteiger partial charge in [0.25, 0.3) is 0 Å². The second kappa shape index (κ2) is 3.48. The van der Waals surface area contributed by atoms with E-state index in [0.29, 0.717) is 19.4 Å². The Morgan fingerprint density at radius 3 is 2.62 bits per heavy atom. The van der Waals surface area contributed by atoms with E-state index in [9.17, 15) is 9.59 Å². The maximum absolute atomic E-state index is 11.0. The fourth-order valence-electron chi connectivity index (χ4n) is 1.80. The van der Waals surface area contributed by atoms with Crippen LogP contribution < -0.4 is 0 Å². The highest BCUT2D eigenvalue weighted by Gasteiger charge is 2.37. The summed E-state index contributed by atoms with van der Waals surface area (Å²) in [6.45, 7) is 6.08. The Balaban J connectivity index is 2.58. The van der Waals surface area contributed by atoms with E-state index in [0.717, 1.165) is 0 Å². The Kier molecular flexibility index (Phi) is 2.74. The minimum absolute atomic E-state index is 0.113. The van der Waals surface area contributed by atoms with Crippen LogP contribution in [0.15, 0.2) is 0 Å². The zero-order valence-corrected chi connectivity index (χ0v) is 8.42. The van der Waals surface area contributed by atoms with Gasteiger partial charge in [-0.2, -0.15) is 0 Å². The summed E-state index contributed by atoms with van der Waals surface area (Å²) >= 11 is 0. The quantitative estimate of drug-likeness (QED) is 0.625. The number of hydrogen-bond acceptors (Lipinski definition) is 3. The van der Waals surface area contributed by atoms with Crippen LogP contribution in [0.25, 0.3) is 0 Å². The SMILES string of the molecule is CC(=O)CC(C)(C)[C@@H]1COC(=O)C1. The van der Waals surface area contributed by atoms with E-state index in [1.54, 1.807) is 6.92 Å². The average Bonchev–Trinajstić information content (AvgIpc) is 2.32. The van der Waals surface area contributed by atoms with E-state index >= 15 is 0 Å². The van der Waals surface area contributed by atoms with Gasteiger partial charge in [-0.05, 0) is 12.3 Å². The molecular weight excluding hydrogens is 168 g/mol. The van der Waals surface area contributed by atoms with E-state index < -0.39 is 0 Å². The summed E-state index contributed by atoms with van der Waals surface area (Å²) in [5, 5.41) is 0. The minimum Gasteiger partial charge on any atom is -0.465 e. The Bertz CT molecular complexity index is 230. The molecule has 1 aliphatic heterocycles. The molecule has 0 spiro atoms. The smallest absolute Gasteiger partial charge is 0.306 e.